The van der Waals surface area contributed by atoms with Crippen LogP contribution in [0.1, 0.15) is 38.5 Å². The molecule has 2 saturated carbocycles. The van der Waals surface area contributed by atoms with E-state index in [4.69, 9.17) is 5.73 Å². The van der Waals surface area contributed by atoms with Crippen LogP contribution < -0.4 is 5.73 Å². The van der Waals surface area contributed by atoms with Gasteiger partial charge in [-0.05, 0) is 49.3 Å². The first-order valence-electron chi connectivity index (χ1n) is 6.80. The molecule has 1 aromatic carbocycles. The lowest BCUT2D eigenvalue weighted by Crippen LogP contribution is -2.52. The molecule has 1 aromatic rings. The van der Waals surface area contributed by atoms with Gasteiger partial charge in [0.2, 0.25) is 0 Å². The molecule has 3 heteroatoms. The van der Waals surface area contributed by atoms with E-state index < -0.39 is 0 Å². The van der Waals surface area contributed by atoms with E-state index in [2.05, 4.69) is 40.2 Å². The highest BCUT2D eigenvalue weighted by Gasteiger charge is 2.54. The van der Waals surface area contributed by atoms with Crippen molar-refractivity contribution in [3.05, 3.63) is 28.7 Å². The van der Waals surface area contributed by atoms with Crippen LogP contribution in [0, 0.1) is 5.41 Å². The standard InChI is InChI=1S/C15H20BrNS/c16-12-4-3-5-13(8-12)18-15(11-17)9-14(10-15)6-1-2-7-14/h3-5,8H,1-2,6-7,9-11,17H2. The molecule has 2 fully saturated rings. The van der Waals surface area contributed by atoms with E-state index >= 15 is 0 Å². The molecule has 1 nitrogen and oxygen atoms in total. The van der Waals surface area contributed by atoms with E-state index in [0.29, 0.717) is 10.2 Å². The zero-order valence-corrected chi connectivity index (χ0v) is 13.0. The number of rotatable bonds is 3. The predicted octanol–water partition coefficient (Wildman–Crippen LogP) is 4.59. The Morgan fingerprint density at radius 2 is 1.94 bits per heavy atom. The molecule has 2 aliphatic rings. The molecule has 2 aliphatic carbocycles. The molecule has 0 amide bonds. The molecule has 0 unspecified atom stereocenters. The lowest BCUT2D eigenvalue weighted by Gasteiger charge is -2.54. The van der Waals surface area contributed by atoms with Crippen LogP contribution >= 0.6 is 27.7 Å². The number of thioether (sulfide) groups is 1. The molecule has 0 heterocycles. The third-order valence-electron chi connectivity index (χ3n) is 4.56. The quantitative estimate of drug-likeness (QED) is 0.879. The van der Waals surface area contributed by atoms with Crippen molar-refractivity contribution in [3.63, 3.8) is 0 Å². The Morgan fingerprint density at radius 1 is 1.22 bits per heavy atom. The topological polar surface area (TPSA) is 26.0 Å². The van der Waals surface area contributed by atoms with Crippen molar-refractivity contribution < 1.29 is 0 Å². The van der Waals surface area contributed by atoms with Gasteiger partial charge in [-0.15, -0.1) is 11.8 Å². The molecule has 0 bridgehead atoms. The summed E-state index contributed by atoms with van der Waals surface area (Å²) in [5.74, 6) is 0. The Balaban J connectivity index is 1.71. The number of halogens is 1. The number of hydrogen-bond donors (Lipinski definition) is 1. The Kier molecular flexibility index (Phi) is 3.50. The van der Waals surface area contributed by atoms with E-state index in [0.717, 1.165) is 11.0 Å². The molecule has 3 rings (SSSR count). The second-order valence-electron chi connectivity index (χ2n) is 6.01. The molecule has 0 saturated heterocycles. The summed E-state index contributed by atoms with van der Waals surface area (Å²) in [6.07, 6.45) is 8.40. The van der Waals surface area contributed by atoms with Gasteiger partial charge in [0.15, 0.2) is 0 Å². The fourth-order valence-corrected chi connectivity index (χ4v) is 6.06. The summed E-state index contributed by atoms with van der Waals surface area (Å²) >= 11 is 5.54. The Bertz CT molecular complexity index is 432. The SMILES string of the molecule is NCC1(Sc2cccc(Br)c2)CC2(CCCC2)C1. The van der Waals surface area contributed by atoms with E-state index in [-0.39, 0.29) is 0 Å². The molecule has 0 radical (unpaired) electrons. The molecule has 18 heavy (non-hydrogen) atoms. The van der Waals surface area contributed by atoms with E-state index in [1.54, 1.807) is 0 Å². The second kappa shape index (κ2) is 4.84. The van der Waals surface area contributed by atoms with Crippen molar-refractivity contribution in [1.29, 1.82) is 0 Å². The van der Waals surface area contributed by atoms with E-state index in [9.17, 15) is 0 Å². The van der Waals surface area contributed by atoms with Crippen LogP contribution in [0.2, 0.25) is 0 Å². The minimum atomic E-state index is 0.311. The van der Waals surface area contributed by atoms with Gasteiger partial charge in [0.25, 0.3) is 0 Å². The third kappa shape index (κ3) is 2.37. The normalized spacial score (nSPS) is 24.1. The summed E-state index contributed by atoms with van der Waals surface area (Å²) in [7, 11) is 0. The maximum atomic E-state index is 6.07. The molecule has 0 aromatic heterocycles. The van der Waals surface area contributed by atoms with Crippen molar-refractivity contribution in [2.45, 2.75) is 48.2 Å². The van der Waals surface area contributed by atoms with Crippen molar-refractivity contribution in [2.24, 2.45) is 11.1 Å². The zero-order valence-electron chi connectivity index (χ0n) is 10.6. The maximum Gasteiger partial charge on any atom is 0.0339 e. The summed E-state index contributed by atoms with van der Waals surface area (Å²) in [6.45, 7) is 0.811. The zero-order chi connectivity index (χ0) is 12.6. The largest absolute Gasteiger partial charge is 0.329 e. The fourth-order valence-electron chi connectivity index (χ4n) is 3.83. The highest BCUT2D eigenvalue weighted by atomic mass is 79.9. The highest BCUT2D eigenvalue weighted by molar-refractivity contribution is 9.10. The Hall–Kier alpha value is 0.01000. The van der Waals surface area contributed by atoms with Gasteiger partial charge < -0.3 is 5.73 Å². The molecule has 0 aliphatic heterocycles. The van der Waals surface area contributed by atoms with Gasteiger partial charge in [0, 0.05) is 20.7 Å². The van der Waals surface area contributed by atoms with Gasteiger partial charge in [0.1, 0.15) is 0 Å². The van der Waals surface area contributed by atoms with Crippen LogP contribution in [-0.2, 0) is 0 Å². The minimum Gasteiger partial charge on any atom is -0.329 e. The van der Waals surface area contributed by atoms with Crippen LogP contribution in [0.5, 0.6) is 0 Å². The summed E-state index contributed by atoms with van der Waals surface area (Å²) in [4.78, 5) is 1.35. The first kappa shape index (κ1) is 13.0. The smallest absolute Gasteiger partial charge is 0.0339 e. The molecule has 1 spiro atoms. The Morgan fingerprint density at radius 3 is 2.56 bits per heavy atom. The second-order valence-corrected chi connectivity index (χ2v) is 8.46. The van der Waals surface area contributed by atoms with Gasteiger partial charge in [-0.2, -0.15) is 0 Å². The Labute approximate surface area is 122 Å². The first-order valence-corrected chi connectivity index (χ1v) is 8.41. The summed E-state index contributed by atoms with van der Waals surface area (Å²) in [5, 5.41) is 0. The van der Waals surface area contributed by atoms with Gasteiger partial charge in [-0.1, -0.05) is 34.8 Å². The predicted molar refractivity (Wildman–Crippen MR) is 81.9 cm³/mol. The lowest BCUT2D eigenvalue weighted by atomic mass is 9.60. The van der Waals surface area contributed by atoms with Gasteiger partial charge in [-0.3, -0.25) is 0 Å². The highest BCUT2D eigenvalue weighted by Crippen LogP contribution is 2.63. The van der Waals surface area contributed by atoms with Gasteiger partial charge in [0.05, 0.1) is 0 Å². The van der Waals surface area contributed by atoms with Crippen molar-refractivity contribution in [1.82, 2.24) is 0 Å². The van der Waals surface area contributed by atoms with Crippen molar-refractivity contribution in [3.8, 4) is 0 Å². The number of benzene rings is 1. The monoisotopic (exact) mass is 325 g/mol. The minimum absolute atomic E-state index is 0.311. The fraction of sp³-hybridized carbons (Fsp3) is 0.600. The summed E-state index contributed by atoms with van der Waals surface area (Å²) in [5.41, 5.74) is 6.74. The van der Waals surface area contributed by atoms with Crippen LogP contribution in [0.15, 0.2) is 33.6 Å². The van der Waals surface area contributed by atoms with Gasteiger partial charge in [-0.25, -0.2) is 0 Å². The molecule has 2 N–H and O–H groups in total. The molecule has 0 atom stereocenters. The molecular formula is C15H20BrNS. The lowest BCUT2D eigenvalue weighted by molar-refractivity contribution is 0.0935. The van der Waals surface area contributed by atoms with E-state index in [1.807, 2.05) is 11.8 Å². The maximum absolute atomic E-state index is 6.07. The van der Waals surface area contributed by atoms with Crippen molar-refractivity contribution in [2.75, 3.05) is 6.54 Å². The van der Waals surface area contributed by atoms with Crippen molar-refractivity contribution >= 4 is 27.7 Å². The molecular weight excluding hydrogens is 306 g/mol. The van der Waals surface area contributed by atoms with Crippen LogP contribution in [-0.4, -0.2) is 11.3 Å². The number of nitrogens with two attached hydrogens (primary N) is 1. The summed E-state index contributed by atoms with van der Waals surface area (Å²) in [6, 6.07) is 8.60. The van der Waals surface area contributed by atoms with Crippen LogP contribution in [0.4, 0.5) is 0 Å². The third-order valence-corrected chi connectivity index (χ3v) is 6.43. The average molecular weight is 326 g/mol. The number of hydrogen-bond acceptors (Lipinski definition) is 2. The first-order chi connectivity index (χ1) is 8.65. The van der Waals surface area contributed by atoms with Crippen LogP contribution in [0.25, 0.3) is 0 Å². The van der Waals surface area contributed by atoms with E-state index in [1.165, 1.54) is 43.4 Å². The molecule has 98 valence electrons. The average Bonchev–Trinajstić information content (AvgIpc) is 2.77. The van der Waals surface area contributed by atoms with Crippen LogP contribution in [0.3, 0.4) is 0 Å². The summed E-state index contributed by atoms with van der Waals surface area (Å²) < 4.78 is 1.47. The van der Waals surface area contributed by atoms with Gasteiger partial charge >= 0.3 is 0 Å².